The molecule has 2 aliphatic rings. The van der Waals surface area contributed by atoms with Crippen molar-refractivity contribution in [1.29, 1.82) is 0 Å². The maximum Gasteiger partial charge on any atom is 0.255 e. The lowest BCUT2D eigenvalue weighted by Gasteiger charge is -2.18. The molecule has 18 heavy (non-hydrogen) atoms. The predicted octanol–water partition coefficient (Wildman–Crippen LogP) is 1.72. The Labute approximate surface area is 105 Å². The summed E-state index contributed by atoms with van der Waals surface area (Å²) in [4.78, 5) is 15.8. The molecule has 0 radical (unpaired) electrons. The van der Waals surface area contributed by atoms with Gasteiger partial charge in [-0.25, -0.2) is 9.37 Å². The number of carbonyl (C=O) groups excluding carboxylic acids is 1. The molecule has 3 N–H and O–H groups in total. The summed E-state index contributed by atoms with van der Waals surface area (Å²) in [7, 11) is 0. The summed E-state index contributed by atoms with van der Waals surface area (Å²) in [6.45, 7) is 0. The van der Waals surface area contributed by atoms with Crippen LogP contribution < -0.4 is 11.1 Å². The molecule has 1 heterocycles. The molecule has 1 aromatic heterocycles. The molecule has 96 valence electrons. The van der Waals surface area contributed by atoms with Gasteiger partial charge in [0.15, 0.2) is 0 Å². The van der Waals surface area contributed by atoms with E-state index in [0.717, 1.165) is 12.3 Å². The zero-order chi connectivity index (χ0) is 12.7. The predicted molar refractivity (Wildman–Crippen MR) is 65.3 cm³/mol. The third-order valence-corrected chi connectivity index (χ3v) is 3.69. The van der Waals surface area contributed by atoms with Crippen LogP contribution in [0.5, 0.6) is 0 Å². The van der Waals surface area contributed by atoms with Crippen molar-refractivity contribution in [1.82, 2.24) is 10.3 Å². The number of anilines is 1. The van der Waals surface area contributed by atoms with Crippen molar-refractivity contribution in [3.8, 4) is 0 Å². The lowest BCUT2D eigenvalue weighted by atomic mass is 10.1. The number of aromatic nitrogens is 1. The number of pyridine rings is 1. The fourth-order valence-electron chi connectivity index (χ4n) is 2.39. The van der Waals surface area contributed by atoms with Crippen LogP contribution in [-0.4, -0.2) is 16.9 Å². The van der Waals surface area contributed by atoms with Crippen LogP contribution in [0.2, 0.25) is 0 Å². The van der Waals surface area contributed by atoms with Gasteiger partial charge in [0.2, 0.25) is 0 Å². The normalized spacial score (nSPS) is 19.0. The topological polar surface area (TPSA) is 68.0 Å². The summed E-state index contributed by atoms with van der Waals surface area (Å²) in [6, 6.07) is 1.38. The van der Waals surface area contributed by atoms with Crippen molar-refractivity contribution in [2.45, 2.75) is 31.7 Å². The van der Waals surface area contributed by atoms with Gasteiger partial charge in [-0.05, 0) is 43.6 Å². The Balaban J connectivity index is 1.75. The Morgan fingerprint density at radius 2 is 2.00 bits per heavy atom. The van der Waals surface area contributed by atoms with E-state index < -0.39 is 5.82 Å². The molecule has 1 aromatic rings. The van der Waals surface area contributed by atoms with Crippen LogP contribution in [0.4, 0.5) is 10.2 Å². The maximum atomic E-state index is 13.1. The van der Waals surface area contributed by atoms with E-state index in [0.29, 0.717) is 11.8 Å². The van der Waals surface area contributed by atoms with E-state index in [-0.39, 0.29) is 23.3 Å². The number of halogens is 1. The molecule has 3 rings (SSSR count). The first-order valence-corrected chi connectivity index (χ1v) is 6.37. The Bertz CT molecular complexity index is 471. The zero-order valence-corrected chi connectivity index (χ0v) is 10.0. The molecule has 0 unspecified atom stereocenters. The van der Waals surface area contributed by atoms with Crippen LogP contribution in [-0.2, 0) is 0 Å². The Morgan fingerprint density at radius 1 is 1.39 bits per heavy atom. The average Bonchev–Trinajstić information content (AvgIpc) is 3.21. The zero-order valence-electron chi connectivity index (χ0n) is 10.0. The molecule has 2 fully saturated rings. The molecule has 5 heteroatoms. The van der Waals surface area contributed by atoms with E-state index in [9.17, 15) is 9.18 Å². The number of hydrogen-bond acceptors (Lipinski definition) is 3. The van der Waals surface area contributed by atoms with Gasteiger partial charge in [0.05, 0.1) is 11.8 Å². The van der Waals surface area contributed by atoms with Crippen LogP contribution in [0.25, 0.3) is 0 Å². The lowest BCUT2D eigenvalue weighted by molar-refractivity contribution is 0.0926. The van der Waals surface area contributed by atoms with Gasteiger partial charge in [-0.15, -0.1) is 0 Å². The number of nitrogens with one attached hydrogen (secondary N) is 1. The molecule has 0 saturated heterocycles. The quantitative estimate of drug-likeness (QED) is 0.853. The highest BCUT2D eigenvalue weighted by atomic mass is 19.1. The molecule has 0 aliphatic heterocycles. The molecule has 2 saturated carbocycles. The van der Waals surface area contributed by atoms with Gasteiger partial charge >= 0.3 is 0 Å². The molecule has 4 nitrogen and oxygen atoms in total. The minimum absolute atomic E-state index is 0.0826. The van der Waals surface area contributed by atoms with E-state index in [4.69, 9.17) is 5.73 Å². The standard InChI is InChI=1S/C13H16FN3O/c14-9-5-10(12(15)16-6-9)13(18)17-11(7-1-2-7)8-3-4-8/h5-8,11H,1-4H2,(H2,15,16)(H,17,18). The first-order valence-electron chi connectivity index (χ1n) is 6.37. The monoisotopic (exact) mass is 249 g/mol. The fraction of sp³-hybridized carbons (Fsp3) is 0.538. The van der Waals surface area contributed by atoms with Gasteiger partial charge in [-0.1, -0.05) is 0 Å². The van der Waals surface area contributed by atoms with E-state index in [1.54, 1.807) is 0 Å². The summed E-state index contributed by atoms with van der Waals surface area (Å²) in [5.74, 6) is 0.444. The molecule has 0 aromatic carbocycles. The fourth-order valence-corrected chi connectivity index (χ4v) is 2.39. The van der Waals surface area contributed by atoms with Gasteiger partial charge in [0.25, 0.3) is 5.91 Å². The second-order valence-electron chi connectivity index (χ2n) is 5.26. The van der Waals surface area contributed by atoms with Crippen LogP contribution in [0.15, 0.2) is 12.3 Å². The molecule has 0 bridgehead atoms. The van der Waals surface area contributed by atoms with Gasteiger partial charge in [0.1, 0.15) is 11.6 Å². The van der Waals surface area contributed by atoms with Crippen molar-refractivity contribution in [2.75, 3.05) is 5.73 Å². The second kappa shape index (κ2) is 4.23. The number of nitrogen functional groups attached to an aromatic ring is 1. The largest absolute Gasteiger partial charge is 0.383 e. The van der Waals surface area contributed by atoms with Crippen LogP contribution in [0.3, 0.4) is 0 Å². The highest BCUT2D eigenvalue weighted by Gasteiger charge is 2.42. The van der Waals surface area contributed by atoms with E-state index in [2.05, 4.69) is 10.3 Å². The summed E-state index contributed by atoms with van der Waals surface area (Å²) < 4.78 is 13.1. The molecular formula is C13H16FN3O. The van der Waals surface area contributed by atoms with Crippen LogP contribution >= 0.6 is 0 Å². The second-order valence-corrected chi connectivity index (χ2v) is 5.26. The summed E-state index contributed by atoms with van der Waals surface area (Å²) in [5.41, 5.74) is 5.75. The number of nitrogens with two attached hydrogens (primary N) is 1. The van der Waals surface area contributed by atoms with Crippen LogP contribution in [0.1, 0.15) is 36.0 Å². The van der Waals surface area contributed by atoms with Crippen LogP contribution in [0, 0.1) is 17.7 Å². The third kappa shape index (κ3) is 2.30. The smallest absolute Gasteiger partial charge is 0.255 e. The van der Waals surface area contributed by atoms with E-state index in [1.807, 2.05) is 0 Å². The highest BCUT2D eigenvalue weighted by Crippen LogP contribution is 2.44. The Kier molecular flexibility index (Phi) is 2.69. The van der Waals surface area contributed by atoms with Crippen molar-refractivity contribution < 1.29 is 9.18 Å². The third-order valence-electron chi connectivity index (χ3n) is 3.69. The Morgan fingerprint density at radius 3 is 2.56 bits per heavy atom. The van der Waals surface area contributed by atoms with Gasteiger partial charge in [0, 0.05) is 6.04 Å². The van der Waals surface area contributed by atoms with Crippen molar-refractivity contribution in [3.63, 3.8) is 0 Å². The molecule has 1 amide bonds. The van der Waals surface area contributed by atoms with Gasteiger partial charge in [-0.2, -0.15) is 0 Å². The van der Waals surface area contributed by atoms with Crippen molar-refractivity contribution >= 4 is 11.7 Å². The maximum absolute atomic E-state index is 13.1. The number of carbonyl (C=O) groups is 1. The van der Waals surface area contributed by atoms with E-state index >= 15 is 0 Å². The van der Waals surface area contributed by atoms with E-state index in [1.165, 1.54) is 25.7 Å². The SMILES string of the molecule is Nc1ncc(F)cc1C(=O)NC(C1CC1)C1CC1. The molecule has 0 spiro atoms. The summed E-state index contributed by atoms with van der Waals surface area (Å²) in [5, 5.41) is 3.00. The molecule has 2 aliphatic carbocycles. The van der Waals surface area contributed by atoms with Gasteiger partial charge < -0.3 is 11.1 Å². The number of amides is 1. The van der Waals surface area contributed by atoms with Crippen molar-refractivity contribution in [3.05, 3.63) is 23.6 Å². The molecule has 0 atom stereocenters. The number of rotatable bonds is 4. The lowest BCUT2D eigenvalue weighted by Crippen LogP contribution is -2.38. The Hall–Kier alpha value is -1.65. The summed E-state index contributed by atoms with van der Waals surface area (Å²) >= 11 is 0. The summed E-state index contributed by atoms with van der Waals surface area (Å²) in [6.07, 6.45) is 5.73. The minimum atomic E-state index is -0.538. The average molecular weight is 249 g/mol. The van der Waals surface area contributed by atoms with Gasteiger partial charge in [-0.3, -0.25) is 4.79 Å². The highest BCUT2D eigenvalue weighted by molar-refractivity contribution is 5.98. The molecular weight excluding hydrogens is 233 g/mol. The first-order chi connectivity index (χ1) is 8.65. The van der Waals surface area contributed by atoms with Crippen molar-refractivity contribution in [2.24, 2.45) is 11.8 Å². The minimum Gasteiger partial charge on any atom is -0.383 e. The number of nitrogens with zero attached hydrogens (tertiary/aromatic N) is 1. The first kappa shape index (κ1) is 11.4. The number of hydrogen-bond donors (Lipinski definition) is 2.